The molecule has 0 aliphatic heterocycles. The van der Waals surface area contributed by atoms with Crippen molar-refractivity contribution in [2.75, 3.05) is 14.2 Å². The van der Waals surface area contributed by atoms with Gasteiger partial charge in [0.25, 0.3) is 0 Å². The van der Waals surface area contributed by atoms with Gasteiger partial charge in [-0.3, -0.25) is 9.59 Å². The van der Waals surface area contributed by atoms with Gasteiger partial charge in [0.2, 0.25) is 9.84 Å². The van der Waals surface area contributed by atoms with E-state index < -0.39 is 33.6 Å². The quantitative estimate of drug-likeness (QED) is 0.292. The Hall–Kier alpha value is -2.63. The van der Waals surface area contributed by atoms with E-state index in [0.717, 1.165) is 14.2 Å². The first kappa shape index (κ1) is 22.4. The highest BCUT2D eigenvalue weighted by atomic mass is 32.2. The zero-order valence-electron chi connectivity index (χ0n) is 15.9. The van der Waals surface area contributed by atoms with E-state index in [2.05, 4.69) is 12.3 Å². The Balaban J connectivity index is 3.70. The number of carbonyl (C=O) groups is 2. The molecule has 0 heterocycles. The second-order valence-corrected chi connectivity index (χ2v) is 8.07. The molecule has 0 amide bonds. The maximum absolute atomic E-state index is 13.1. The average molecular weight is 392 g/mol. The van der Waals surface area contributed by atoms with E-state index >= 15 is 0 Å². The van der Waals surface area contributed by atoms with Crippen molar-refractivity contribution in [1.29, 1.82) is 0 Å². The van der Waals surface area contributed by atoms with Crippen LogP contribution in [0.3, 0.4) is 0 Å². The maximum Gasteiger partial charge on any atom is 0.323 e. The van der Waals surface area contributed by atoms with Gasteiger partial charge >= 0.3 is 11.9 Å². The molecule has 0 fully saturated rings. The summed E-state index contributed by atoms with van der Waals surface area (Å²) < 4.78 is 35.8. The van der Waals surface area contributed by atoms with E-state index in [-0.39, 0.29) is 16.2 Å². The Labute approximate surface area is 160 Å². The fraction of sp³-hybridized carbons (Fsp3) is 0.350. The minimum absolute atomic E-state index is 0.0379. The molecule has 0 radical (unpaired) electrons. The molecule has 0 aliphatic carbocycles. The molecule has 0 aromatic heterocycles. The van der Waals surface area contributed by atoms with Gasteiger partial charge in [0.1, 0.15) is 0 Å². The summed E-state index contributed by atoms with van der Waals surface area (Å²) in [5.74, 6) is -1.80. The van der Waals surface area contributed by atoms with E-state index in [1.54, 1.807) is 32.0 Å². The van der Waals surface area contributed by atoms with Gasteiger partial charge in [-0.05, 0) is 38.0 Å². The number of hydrogen-bond acceptors (Lipinski definition) is 6. The molecule has 146 valence electrons. The highest BCUT2D eigenvalue weighted by Crippen LogP contribution is 2.37. The standard InChI is InChI=1S/C20H24O6S/c1-6-12-20(18(21)25-4,19(22)26-5)14-17(13-15(2)3)27(23,24)16-10-8-7-9-11-16/h6-11H,1,12,14H2,2-5H3. The lowest BCUT2D eigenvalue weighted by Gasteiger charge is -2.27. The first-order valence-corrected chi connectivity index (χ1v) is 9.65. The van der Waals surface area contributed by atoms with Gasteiger partial charge in [0, 0.05) is 6.42 Å². The molecular weight excluding hydrogens is 368 g/mol. The molecule has 6 nitrogen and oxygen atoms in total. The lowest BCUT2D eigenvalue weighted by molar-refractivity contribution is -0.168. The summed E-state index contributed by atoms with van der Waals surface area (Å²) >= 11 is 0. The fourth-order valence-corrected chi connectivity index (χ4v) is 4.18. The third-order valence-electron chi connectivity index (χ3n) is 3.87. The predicted molar refractivity (Wildman–Crippen MR) is 101 cm³/mol. The Bertz CT molecular complexity index is 854. The molecule has 0 atom stereocenters. The minimum Gasteiger partial charge on any atom is -0.468 e. The van der Waals surface area contributed by atoms with E-state index in [0.29, 0.717) is 5.57 Å². The van der Waals surface area contributed by atoms with Crippen LogP contribution in [0.1, 0.15) is 26.7 Å². The summed E-state index contributed by atoms with van der Waals surface area (Å²) in [6.07, 6.45) is 0.745. The zero-order valence-corrected chi connectivity index (χ0v) is 16.8. The lowest BCUT2D eigenvalue weighted by Crippen LogP contribution is -2.42. The average Bonchev–Trinajstić information content (AvgIpc) is 2.65. The highest BCUT2D eigenvalue weighted by molar-refractivity contribution is 7.95. The summed E-state index contributed by atoms with van der Waals surface area (Å²) in [6, 6.07) is 7.74. The molecule has 7 heteroatoms. The van der Waals surface area contributed by atoms with Crippen molar-refractivity contribution in [3.8, 4) is 0 Å². The van der Waals surface area contributed by atoms with Gasteiger partial charge in [0.05, 0.1) is 24.0 Å². The van der Waals surface area contributed by atoms with Crippen molar-refractivity contribution >= 4 is 21.8 Å². The number of methoxy groups -OCH3 is 2. The third kappa shape index (κ3) is 4.96. The van der Waals surface area contributed by atoms with E-state index in [9.17, 15) is 18.0 Å². The normalized spacial score (nSPS) is 11.1. The largest absolute Gasteiger partial charge is 0.468 e. The molecule has 0 spiro atoms. The van der Waals surface area contributed by atoms with Gasteiger partial charge < -0.3 is 9.47 Å². The van der Waals surface area contributed by atoms with Crippen LogP contribution in [0.25, 0.3) is 0 Å². The van der Waals surface area contributed by atoms with Crippen molar-refractivity contribution in [2.45, 2.75) is 31.6 Å². The van der Waals surface area contributed by atoms with Gasteiger partial charge in [-0.15, -0.1) is 12.3 Å². The zero-order chi connectivity index (χ0) is 20.7. The Morgan fingerprint density at radius 3 is 2.04 bits per heavy atom. The van der Waals surface area contributed by atoms with E-state index in [1.807, 2.05) is 0 Å². The molecule has 1 rings (SSSR count). The van der Waals surface area contributed by atoms with Crippen molar-refractivity contribution in [3.05, 3.63) is 59.2 Å². The fourth-order valence-electron chi connectivity index (χ4n) is 2.60. The molecular formula is C20H24O6S. The summed E-state index contributed by atoms with van der Waals surface area (Å²) in [5.41, 5.74) is 1.49. The Morgan fingerprint density at radius 2 is 1.63 bits per heavy atom. The number of rotatable bonds is 8. The van der Waals surface area contributed by atoms with Crippen LogP contribution in [0, 0.1) is 5.41 Å². The number of benzene rings is 1. The molecule has 0 N–H and O–H groups in total. The molecule has 1 aromatic rings. The van der Waals surface area contributed by atoms with Crippen LogP contribution in [0.15, 0.2) is 64.1 Å². The lowest BCUT2D eigenvalue weighted by atomic mass is 9.80. The van der Waals surface area contributed by atoms with Crippen LogP contribution in [0.5, 0.6) is 0 Å². The van der Waals surface area contributed by atoms with Crippen LogP contribution in [-0.4, -0.2) is 34.6 Å². The van der Waals surface area contributed by atoms with Crippen molar-refractivity contribution < 1.29 is 27.5 Å². The predicted octanol–water partition coefficient (Wildman–Crippen LogP) is 3.21. The van der Waals surface area contributed by atoms with Crippen LogP contribution in [-0.2, 0) is 28.9 Å². The third-order valence-corrected chi connectivity index (χ3v) is 5.66. The summed E-state index contributed by atoms with van der Waals surface area (Å²) in [7, 11) is -1.75. The summed E-state index contributed by atoms with van der Waals surface area (Å²) in [4.78, 5) is 24.8. The highest BCUT2D eigenvalue weighted by Gasteiger charge is 2.49. The number of esters is 2. The Morgan fingerprint density at radius 1 is 1.11 bits per heavy atom. The van der Waals surface area contributed by atoms with Gasteiger partial charge in [-0.2, -0.15) is 0 Å². The van der Waals surface area contributed by atoms with Crippen LogP contribution in [0.2, 0.25) is 0 Å². The minimum atomic E-state index is -4.00. The number of ether oxygens (including phenoxy) is 2. The number of sulfone groups is 1. The van der Waals surface area contributed by atoms with Crippen molar-refractivity contribution in [1.82, 2.24) is 0 Å². The number of allylic oxidation sites excluding steroid dienone is 2. The summed E-state index contributed by atoms with van der Waals surface area (Å²) in [5, 5.41) is 0. The second kappa shape index (κ2) is 9.35. The first-order chi connectivity index (χ1) is 12.7. The van der Waals surface area contributed by atoms with Crippen LogP contribution in [0.4, 0.5) is 0 Å². The molecule has 1 aromatic carbocycles. The van der Waals surface area contributed by atoms with E-state index in [1.165, 1.54) is 18.2 Å². The molecule has 0 bridgehead atoms. The van der Waals surface area contributed by atoms with Crippen molar-refractivity contribution in [3.63, 3.8) is 0 Å². The monoisotopic (exact) mass is 392 g/mol. The topological polar surface area (TPSA) is 86.7 Å². The molecule has 0 aliphatic rings. The van der Waals surface area contributed by atoms with Gasteiger partial charge in [0.15, 0.2) is 5.41 Å². The second-order valence-electron chi connectivity index (χ2n) is 6.10. The van der Waals surface area contributed by atoms with Gasteiger partial charge in [-0.1, -0.05) is 24.3 Å². The SMILES string of the molecule is C=CCC(CC(=C=C(C)C)S(=O)(=O)c1ccccc1)(C(=O)OC)C(=O)OC. The van der Waals surface area contributed by atoms with Crippen molar-refractivity contribution in [2.24, 2.45) is 5.41 Å². The van der Waals surface area contributed by atoms with Crippen LogP contribution < -0.4 is 0 Å². The first-order valence-electron chi connectivity index (χ1n) is 8.16. The number of carbonyl (C=O) groups excluding carboxylic acids is 2. The molecule has 27 heavy (non-hydrogen) atoms. The smallest absolute Gasteiger partial charge is 0.323 e. The molecule has 0 saturated heterocycles. The van der Waals surface area contributed by atoms with Gasteiger partial charge in [-0.25, -0.2) is 8.42 Å². The van der Waals surface area contributed by atoms with Crippen LogP contribution >= 0.6 is 0 Å². The summed E-state index contributed by atoms with van der Waals surface area (Å²) in [6.45, 7) is 6.91. The Kier molecular flexibility index (Phi) is 7.76. The molecule has 0 unspecified atom stereocenters. The molecule has 0 saturated carbocycles. The van der Waals surface area contributed by atoms with E-state index in [4.69, 9.17) is 9.47 Å². The maximum atomic E-state index is 13.1. The number of hydrogen-bond donors (Lipinski definition) is 0.